The Morgan fingerprint density at radius 1 is 1.23 bits per heavy atom. The fourth-order valence-electron chi connectivity index (χ4n) is 3.43. The second kappa shape index (κ2) is 10.3. The number of rotatable bonds is 8. The quantitative estimate of drug-likeness (QED) is 0.584. The summed E-state index contributed by atoms with van der Waals surface area (Å²) in [6.45, 7) is 5.16. The van der Waals surface area contributed by atoms with Crippen molar-refractivity contribution >= 4 is 35.0 Å². The number of carbonyl (C=O) groups excluding carboxylic acids is 2. The molecule has 1 saturated heterocycles. The minimum Gasteiger partial charge on any atom is -0.467 e. The summed E-state index contributed by atoms with van der Waals surface area (Å²) < 4.78 is 11.1. The molecule has 1 unspecified atom stereocenters. The number of hydrogen-bond donors (Lipinski definition) is 0. The predicted octanol–water partition coefficient (Wildman–Crippen LogP) is 4.64. The molecule has 1 aliphatic heterocycles. The fraction of sp³-hybridized carbons (Fsp3) is 0.455. The molecule has 2 heterocycles. The predicted molar refractivity (Wildman–Crippen MR) is 116 cm³/mol. The zero-order chi connectivity index (χ0) is 21.7. The Morgan fingerprint density at radius 2 is 2.03 bits per heavy atom. The minimum absolute atomic E-state index is 0.00202. The lowest BCUT2D eigenvalue weighted by molar-refractivity contribution is -0.134. The Labute approximate surface area is 186 Å². The molecular weight excluding hydrogens is 427 g/mol. The van der Waals surface area contributed by atoms with Gasteiger partial charge in [-0.15, -0.1) is 0 Å². The first-order valence-electron chi connectivity index (χ1n) is 10.0. The number of ether oxygens (including phenoxy) is 1. The van der Waals surface area contributed by atoms with Crippen LogP contribution in [0.4, 0.5) is 0 Å². The van der Waals surface area contributed by atoms with Crippen molar-refractivity contribution in [1.29, 1.82) is 0 Å². The lowest BCUT2D eigenvalue weighted by Crippen LogP contribution is -2.47. The molecule has 0 aliphatic carbocycles. The van der Waals surface area contributed by atoms with Gasteiger partial charge >= 0.3 is 0 Å². The normalized spacial score (nSPS) is 16.1. The van der Waals surface area contributed by atoms with Crippen molar-refractivity contribution in [2.45, 2.75) is 45.4 Å². The fourth-order valence-corrected chi connectivity index (χ4v) is 3.92. The second-order valence-electron chi connectivity index (χ2n) is 7.64. The van der Waals surface area contributed by atoms with Crippen molar-refractivity contribution in [2.75, 3.05) is 19.7 Å². The second-order valence-corrected chi connectivity index (χ2v) is 8.48. The van der Waals surface area contributed by atoms with Crippen molar-refractivity contribution in [3.05, 3.63) is 58.0 Å². The Morgan fingerprint density at radius 3 is 2.63 bits per heavy atom. The zero-order valence-corrected chi connectivity index (χ0v) is 18.7. The van der Waals surface area contributed by atoms with Crippen molar-refractivity contribution in [3.8, 4) is 0 Å². The monoisotopic (exact) mass is 452 g/mol. The summed E-state index contributed by atoms with van der Waals surface area (Å²) >= 11 is 12.2. The maximum absolute atomic E-state index is 13.2. The first kappa shape index (κ1) is 22.7. The Hall–Kier alpha value is -2.02. The largest absolute Gasteiger partial charge is 0.467 e. The number of halogens is 2. The van der Waals surface area contributed by atoms with Crippen LogP contribution in [0.2, 0.25) is 10.0 Å². The van der Waals surface area contributed by atoms with Crippen molar-refractivity contribution < 1.29 is 18.7 Å². The summed E-state index contributed by atoms with van der Waals surface area (Å²) in [7, 11) is 0. The van der Waals surface area contributed by atoms with Crippen LogP contribution in [0.5, 0.6) is 0 Å². The van der Waals surface area contributed by atoms with Crippen LogP contribution in [0.1, 0.15) is 42.8 Å². The van der Waals surface area contributed by atoms with E-state index in [-0.39, 0.29) is 35.5 Å². The molecular formula is C22H26Cl2N2O4. The molecule has 0 spiro atoms. The Bertz CT molecular complexity index is 864. The molecule has 1 atom stereocenters. The first-order valence-corrected chi connectivity index (χ1v) is 10.8. The van der Waals surface area contributed by atoms with Gasteiger partial charge in [0, 0.05) is 24.2 Å². The Kier molecular flexibility index (Phi) is 7.81. The van der Waals surface area contributed by atoms with Gasteiger partial charge in [-0.2, -0.15) is 0 Å². The van der Waals surface area contributed by atoms with E-state index in [0.717, 1.165) is 12.8 Å². The van der Waals surface area contributed by atoms with E-state index < -0.39 is 0 Å². The molecule has 8 heteroatoms. The van der Waals surface area contributed by atoms with Gasteiger partial charge in [-0.25, -0.2) is 0 Å². The van der Waals surface area contributed by atoms with Gasteiger partial charge in [-0.05, 0) is 57.0 Å². The van der Waals surface area contributed by atoms with E-state index in [2.05, 4.69) is 0 Å². The maximum Gasteiger partial charge on any atom is 0.256 e. The van der Waals surface area contributed by atoms with E-state index in [1.165, 1.54) is 11.0 Å². The number of hydrogen-bond acceptors (Lipinski definition) is 4. The number of benzene rings is 1. The van der Waals surface area contributed by atoms with Crippen LogP contribution in [0, 0.1) is 0 Å². The Balaban J connectivity index is 1.76. The third-order valence-electron chi connectivity index (χ3n) is 5.08. The topological polar surface area (TPSA) is 63.0 Å². The molecule has 3 rings (SSSR count). The highest BCUT2D eigenvalue weighted by Crippen LogP contribution is 2.23. The standard InChI is InChI=1S/C22H26Cl2N2O4/c1-15(2)26(22(28)19-8-7-16(23)11-20(19)24)14-21(27)25(12-17-5-3-9-29-17)13-18-6-4-10-30-18/h3,5,7-9,11,15,18H,4,6,10,12-14H2,1-2H3. The van der Waals surface area contributed by atoms with Gasteiger partial charge in [-0.1, -0.05) is 23.2 Å². The average Bonchev–Trinajstić information content (AvgIpc) is 3.39. The maximum atomic E-state index is 13.2. The molecule has 0 saturated carbocycles. The highest BCUT2D eigenvalue weighted by Gasteiger charge is 2.28. The van der Waals surface area contributed by atoms with E-state index in [0.29, 0.717) is 36.0 Å². The number of amides is 2. The zero-order valence-electron chi connectivity index (χ0n) is 17.1. The molecule has 2 aromatic rings. The van der Waals surface area contributed by atoms with Gasteiger partial charge in [0.1, 0.15) is 12.3 Å². The molecule has 0 N–H and O–H groups in total. The highest BCUT2D eigenvalue weighted by molar-refractivity contribution is 6.36. The molecule has 0 bridgehead atoms. The molecule has 0 radical (unpaired) electrons. The van der Waals surface area contributed by atoms with Crippen molar-refractivity contribution in [1.82, 2.24) is 9.80 Å². The number of nitrogens with zero attached hydrogens (tertiary/aromatic N) is 2. The van der Waals surface area contributed by atoms with Crippen LogP contribution < -0.4 is 0 Å². The van der Waals surface area contributed by atoms with Crippen LogP contribution in [0.15, 0.2) is 41.0 Å². The lowest BCUT2D eigenvalue weighted by Gasteiger charge is -2.31. The summed E-state index contributed by atoms with van der Waals surface area (Å²) in [6, 6.07) is 8.14. The van der Waals surface area contributed by atoms with Gasteiger partial charge in [0.2, 0.25) is 5.91 Å². The van der Waals surface area contributed by atoms with Gasteiger partial charge in [0.05, 0.1) is 29.5 Å². The third kappa shape index (κ3) is 5.78. The SMILES string of the molecule is CC(C)N(CC(=O)N(Cc1ccco1)CC1CCCO1)C(=O)c1ccc(Cl)cc1Cl. The summed E-state index contributed by atoms with van der Waals surface area (Å²) in [5.41, 5.74) is 0.319. The van der Waals surface area contributed by atoms with Crippen molar-refractivity contribution in [3.63, 3.8) is 0 Å². The lowest BCUT2D eigenvalue weighted by atomic mass is 10.1. The molecule has 1 aromatic carbocycles. The van der Waals surface area contributed by atoms with Gasteiger partial charge < -0.3 is 19.0 Å². The van der Waals surface area contributed by atoms with Crippen molar-refractivity contribution in [2.24, 2.45) is 0 Å². The molecule has 1 aromatic heterocycles. The van der Waals surface area contributed by atoms with E-state index in [1.807, 2.05) is 19.9 Å². The van der Waals surface area contributed by atoms with E-state index in [4.69, 9.17) is 32.4 Å². The number of furan rings is 1. The van der Waals surface area contributed by atoms with Gasteiger partial charge in [-0.3, -0.25) is 9.59 Å². The molecule has 2 amide bonds. The summed E-state index contributed by atoms with van der Waals surface area (Å²) in [5.74, 6) is 0.202. The minimum atomic E-state index is -0.310. The third-order valence-corrected chi connectivity index (χ3v) is 5.63. The first-order chi connectivity index (χ1) is 14.3. The van der Waals surface area contributed by atoms with Crippen LogP contribution in [0.3, 0.4) is 0 Å². The van der Waals surface area contributed by atoms with Gasteiger partial charge in [0.15, 0.2) is 0 Å². The van der Waals surface area contributed by atoms with Crippen LogP contribution in [0.25, 0.3) is 0 Å². The summed E-state index contributed by atoms with van der Waals surface area (Å²) in [6.07, 6.45) is 3.47. The van der Waals surface area contributed by atoms with Crippen LogP contribution in [-0.2, 0) is 16.1 Å². The van der Waals surface area contributed by atoms with E-state index in [1.54, 1.807) is 29.4 Å². The van der Waals surface area contributed by atoms with E-state index in [9.17, 15) is 9.59 Å². The van der Waals surface area contributed by atoms with Crippen LogP contribution in [-0.4, -0.2) is 53.5 Å². The molecule has 162 valence electrons. The average molecular weight is 453 g/mol. The smallest absolute Gasteiger partial charge is 0.256 e. The number of carbonyl (C=O) groups is 2. The summed E-state index contributed by atoms with van der Waals surface area (Å²) in [4.78, 5) is 29.6. The summed E-state index contributed by atoms with van der Waals surface area (Å²) in [5, 5.41) is 0.710. The molecule has 6 nitrogen and oxygen atoms in total. The van der Waals surface area contributed by atoms with E-state index >= 15 is 0 Å². The van der Waals surface area contributed by atoms with Crippen LogP contribution >= 0.6 is 23.2 Å². The van der Waals surface area contributed by atoms with Gasteiger partial charge in [0.25, 0.3) is 5.91 Å². The highest BCUT2D eigenvalue weighted by atomic mass is 35.5. The molecule has 1 aliphatic rings. The molecule has 30 heavy (non-hydrogen) atoms. The molecule has 1 fully saturated rings.